The van der Waals surface area contributed by atoms with Crippen LogP contribution in [-0.4, -0.2) is 97.4 Å². The fourth-order valence-electron chi connectivity index (χ4n) is 3.12. The van der Waals surface area contributed by atoms with Gasteiger partial charge in [-0.05, 0) is 32.9 Å². The standard InChI is InChI=1S/C15H28N4O2/c1-13(15(21)16(2)3)18-8-10-19(11-9-18)14(20)12-17-6-4-5-7-17/h13H,4-12H2,1-3H3. The molecule has 2 amide bonds. The first-order valence-corrected chi connectivity index (χ1v) is 7.94. The van der Waals surface area contributed by atoms with E-state index in [1.807, 2.05) is 11.8 Å². The van der Waals surface area contributed by atoms with Crippen LogP contribution in [0, 0.1) is 0 Å². The number of carbonyl (C=O) groups excluding carboxylic acids is 2. The lowest BCUT2D eigenvalue weighted by Crippen LogP contribution is -2.55. The third-order valence-electron chi connectivity index (χ3n) is 4.57. The summed E-state index contributed by atoms with van der Waals surface area (Å²) in [6.07, 6.45) is 2.43. The van der Waals surface area contributed by atoms with Gasteiger partial charge < -0.3 is 9.80 Å². The van der Waals surface area contributed by atoms with Crippen LogP contribution in [0.1, 0.15) is 19.8 Å². The Bertz CT molecular complexity index is 372. The average Bonchev–Trinajstić information content (AvgIpc) is 2.98. The second-order valence-corrected chi connectivity index (χ2v) is 6.31. The zero-order valence-electron chi connectivity index (χ0n) is 13.5. The highest BCUT2D eigenvalue weighted by Crippen LogP contribution is 2.11. The Balaban J connectivity index is 1.77. The molecule has 2 fully saturated rings. The van der Waals surface area contributed by atoms with Crippen molar-refractivity contribution in [2.24, 2.45) is 0 Å². The van der Waals surface area contributed by atoms with E-state index in [4.69, 9.17) is 0 Å². The average molecular weight is 296 g/mol. The molecule has 2 saturated heterocycles. The molecule has 0 aliphatic carbocycles. The fraction of sp³-hybridized carbons (Fsp3) is 0.867. The molecule has 0 N–H and O–H groups in total. The van der Waals surface area contributed by atoms with Crippen LogP contribution in [0.5, 0.6) is 0 Å². The van der Waals surface area contributed by atoms with Crippen LogP contribution in [0.25, 0.3) is 0 Å². The highest BCUT2D eigenvalue weighted by atomic mass is 16.2. The second-order valence-electron chi connectivity index (χ2n) is 6.31. The van der Waals surface area contributed by atoms with Crippen molar-refractivity contribution in [1.29, 1.82) is 0 Å². The number of nitrogens with zero attached hydrogens (tertiary/aromatic N) is 4. The minimum Gasteiger partial charge on any atom is -0.347 e. The molecule has 21 heavy (non-hydrogen) atoms. The third-order valence-corrected chi connectivity index (χ3v) is 4.57. The molecule has 2 rings (SSSR count). The molecule has 0 bridgehead atoms. The highest BCUT2D eigenvalue weighted by molar-refractivity contribution is 5.81. The van der Waals surface area contributed by atoms with Gasteiger partial charge in [0.1, 0.15) is 0 Å². The predicted molar refractivity (Wildman–Crippen MR) is 82.0 cm³/mol. The van der Waals surface area contributed by atoms with Crippen LogP contribution in [0.2, 0.25) is 0 Å². The Morgan fingerprint density at radius 3 is 2.10 bits per heavy atom. The number of hydrogen-bond acceptors (Lipinski definition) is 4. The number of hydrogen-bond donors (Lipinski definition) is 0. The van der Waals surface area contributed by atoms with Crippen LogP contribution in [0.3, 0.4) is 0 Å². The molecule has 1 atom stereocenters. The zero-order valence-corrected chi connectivity index (χ0v) is 13.5. The lowest BCUT2D eigenvalue weighted by molar-refractivity contribution is -0.137. The van der Waals surface area contributed by atoms with Gasteiger partial charge in [-0.25, -0.2) is 0 Å². The molecule has 0 saturated carbocycles. The van der Waals surface area contributed by atoms with Gasteiger partial charge in [-0.15, -0.1) is 0 Å². The molecule has 2 aliphatic rings. The topological polar surface area (TPSA) is 47.1 Å². The Kier molecular flexibility index (Phi) is 5.58. The summed E-state index contributed by atoms with van der Waals surface area (Å²) in [7, 11) is 3.57. The van der Waals surface area contributed by atoms with Crippen molar-refractivity contribution in [3.05, 3.63) is 0 Å². The molecule has 120 valence electrons. The van der Waals surface area contributed by atoms with Gasteiger partial charge in [0.05, 0.1) is 12.6 Å². The van der Waals surface area contributed by atoms with E-state index in [1.165, 1.54) is 12.8 Å². The normalized spacial score (nSPS) is 22.3. The molecule has 2 heterocycles. The van der Waals surface area contributed by atoms with E-state index in [9.17, 15) is 9.59 Å². The van der Waals surface area contributed by atoms with Crippen LogP contribution in [0.15, 0.2) is 0 Å². The number of rotatable bonds is 4. The molecule has 0 radical (unpaired) electrons. The number of piperazine rings is 1. The zero-order chi connectivity index (χ0) is 15.4. The highest BCUT2D eigenvalue weighted by Gasteiger charge is 2.28. The van der Waals surface area contributed by atoms with Crippen molar-refractivity contribution >= 4 is 11.8 Å². The molecular formula is C15H28N4O2. The van der Waals surface area contributed by atoms with Gasteiger partial charge in [-0.3, -0.25) is 19.4 Å². The smallest absolute Gasteiger partial charge is 0.239 e. The minimum absolute atomic E-state index is 0.101. The molecule has 0 spiro atoms. The SMILES string of the molecule is CC(C(=O)N(C)C)N1CCN(C(=O)CN2CCCC2)CC1. The van der Waals surface area contributed by atoms with E-state index in [0.29, 0.717) is 6.54 Å². The Morgan fingerprint density at radius 1 is 1.00 bits per heavy atom. The van der Waals surface area contributed by atoms with Gasteiger partial charge in [0, 0.05) is 40.3 Å². The minimum atomic E-state index is -0.101. The van der Waals surface area contributed by atoms with Gasteiger partial charge >= 0.3 is 0 Å². The molecule has 0 aromatic rings. The number of amides is 2. The van der Waals surface area contributed by atoms with E-state index in [1.54, 1.807) is 19.0 Å². The summed E-state index contributed by atoms with van der Waals surface area (Å²) in [5, 5.41) is 0. The molecule has 6 heteroatoms. The van der Waals surface area contributed by atoms with E-state index < -0.39 is 0 Å². The van der Waals surface area contributed by atoms with E-state index in [0.717, 1.165) is 39.3 Å². The summed E-state index contributed by atoms with van der Waals surface area (Å²) >= 11 is 0. The summed E-state index contributed by atoms with van der Waals surface area (Å²) in [5.74, 6) is 0.370. The van der Waals surface area contributed by atoms with Gasteiger partial charge in [0.25, 0.3) is 0 Å². The van der Waals surface area contributed by atoms with Crippen molar-refractivity contribution in [3.63, 3.8) is 0 Å². The number of likely N-dealkylation sites (N-methyl/N-ethyl adjacent to an activating group) is 1. The summed E-state index contributed by atoms with van der Waals surface area (Å²) in [4.78, 5) is 32.2. The van der Waals surface area contributed by atoms with E-state index in [-0.39, 0.29) is 17.9 Å². The van der Waals surface area contributed by atoms with Crippen molar-refractivity contribution in [1.82, 2.24) is 19.6 Å². The van der Waals surface area contributed by atoms with Crippen molar-refractivity contribution in [3.8, 4) is 0 Å². The lowest BCUT2D eigenvalue weighted by Gasteiger charge is -2.38. The Morgan fingerprint density at radius 2 is 1.57 bits per heavy atom. The Labute approximate surface area is 127 Å². The van der Waals surface area contributed by atoms with Crippen LogP contribution in [0.4, 0.5) is 0 Å². The van der Waals surface area contributed by atoms with Crippen molar-refractivity contribution in [2.45, 2.75) is 25.8 Å². The molecular weight excluding hydrogens is 268 g/mol. The molecule has 1 unspecified atom stereocenters. The quantitative estimate of drug-likeness (QED) is 0.715. The van der Waals surface area contributed by atoms with Crippen molar-refractivity contribution in [2.75, 3.05) is 59.9 Å². The lowest BCUT2D eigenvalue weighted by atomic mass is 10.2. The molecule has 6 nitrogen and oxygen atoms in total. The summed E-state index contributed by atoms with van der Waals surface area (Å²) in [5.41, 5.74) is 0. The summed E-state index contributed by atoms with van der Waals surface area (Å²) in [6, 6.07) is -0.101. The first-order chi connectivity index (χ1) is 9.99. The maximum absolute atomic E-state index is 12.3. The number of carbonyl (C=O) groups is 2. The number of likely N-dealkylation sites (tertiary alicyclic amines) is 1. The molecule has 0 aromatic carbocycles. The molecule has 0 aromatic heterocycles. The second kappa shape index (κ2) is 7.22. The Hall–Kier alpha value is -1.14. The van der Waals surface area contributed by atoms with Gasteiger partial charge in [0.15, 0.2) is 0 Å². The van der Waals surface area contributed by atoms with Gasteiger partial charge in [-0.2, -0.15) is 0 Å². The third kappa shape index (κ3) is 4.17. The summed E-state index contributed by atoms with van der Waals surface area (Å²) in [6.45, 7) is 7.66. The predicted octanol–water partition coefficient (Wildman–Crippen LogP) is -0.297. The maximum Gasteiger partial charge on any atom is 0.239 e. The maximum atomic E-state index is 12.3. The monoisotopic (exact) mass is 296 g/mol. The van der Waals surface area contributed by atoms with Crippen molar-refractivity contribution < 1.29 is 9.59 Å². The van der Waals surface area contributed by atoms with E-state index in [2.05, 4.69) is 9.80 Å². The largest absolute Gasteiger partial charge is 0.347 e. The van der Waals surface area contributed by atoms with E-state index >= 15 is 0 Å². The molecule has 2 aliphatic heterocycles. The summed E-state index contributed by atoms with van der Waals surface area (Å²) < 4.78 is 0. The van der Waals surface area contributed by atoms with Gasteiger partial charge in [0.2, 0.25) is 11.8 Å². The first-order valence-electron chi connectivity index (χ1n) is 7.94. The van der Waals surface area contributed by atoms with Crippen LogP contribution in [-0.2, 0) is 9.59 Å². The first kappa shape index (κ1) is 16.2. The van der Waals surface area contributed by atoms with Crippen LogP contribution >= 0.6 is 0 Å². The van der Waals surface area contributed by atoms with Crippen LogP contribution < -0.4 is 0 Å². The fourth-order valence-corrected chi connectivity index (χ4v) is 3.12. The van der Waals surface area contributed by atoms with Gasteiger partial charge in [-0.1, -0.05) is 0 Å².